The van der Waals surface area contributed by atoms with Gasteiger partial charge in [-0.15, -0.1) is 0 Å². The van der Waals surface area contributed by atoms with E-state index in [9.17, 15) is 4.79 Å². The number of anilines is 2. The monoisotopic (exact) mass is 412 g/mol. The van der Waals surface area contributed by atoms with E-state index in [1.54, 1.807) is 6.07 Å². The molecule has 1 fully saturated rings. The van der Waals surface area contributed by atoms with Gasteiger partial charge in [0, 0.05) is 29.4 Å². The Morgan fingerprint density at radius 2 is 2.03 bits per heavy atom. The third-order valence-electron chi connectivity index (χ3n) is 5.66. The van der Waals surface area contributed by atoms with Crippen molar-refractivity contribution in [3.8, 4) is 0 Å². The Morgan fingerprint density at radius 3 is 2.79 bits per heavy atom. The van der Waals surface area contributed by atoms with Crippen molar-refractivity contribution in [3.63, 3.8) is 0 Å². The molecular formula is C22H25ClN4O2. The predicted molar refractivity (Wildman–Crippen MR) is 116 cm³/mol. The zero-order valence-corrected chi connectivity index (χ0v) is 17.9. The largest absolute Gasteiger partial charge is 0.443 e. The van der Waals surface area contributed by atoms with E-state index >= 15 is 0 Å². The molecule has 1 saturated heterocycles. The molecule has 0 radical (unpaired) electrons. The number of furan rings is 1. The summed E-state index contributed by atoms with van der Waals surface area (Å²) in [5, 5.41) is 4.68. The highest BCUT2D eigenvalue weighted by molar-refractivity contribution is 6.30. The number of piperidine rings is 1. The molecule has 152 valence electrons. The van der Waals surface area contributed by atoms with Crippen molar-refractivity contribution in [2.45, 2.75) is 40.5 Å². The fourth-order valence-corrected chi connectivity index (χ4v) is 4.17. The smallest absolute Gasteiger partial charge is 0.231 e. The molecule has 0 saturated carbocycles. The number of amides is 1. The second-order valence-corrected chi connectivity index (χ2v) is 8.23. The van der Waals surface area contributed by atoms with Crippen molar-refractivity contribution in [1.82, 2.24) is 9.97 Å². The lowest BCUT2D eigenvalue weighted by atomic mass is 9.96. The quantitative estimate of drug-likeness (QED) is 0.657. The molecule has 3 heterocycles. The van der Waals surface area contributed by atoms with Gasteiger partial charge in [0.2, 0.25) is 11.6 Å². The van der Waals surface area contributed by atoms with Gasteiger partial charge in [-0.25, -0.2) is 4.98 Å². The second kappa shape index (κ2) is 7.67. The number of nitrogens with zero attached hydrogens (tertiary/aromatic N) is 3. The summed E-state index contributed by atoms with van der Waals surface area (Å²) < 4.78 is 5.82. The first-order valence-electron chi connectivity index (χ1n) is 9.90. The Balaban J connectivity index is 1.59. The summed E-state index contributed by atoms with van der Waals surface area (Å²) in [4.78, 5) is 24.3. The molecule has 1 N–H and O–H groups in total. The van der Waals surface area contributed by atoms with Crippen molar-refractivity contribution in [3.05, 3.63) is 45.9 Å². The summed E-state index contributed by atoms with van der Waals surface area (Å²) in [6.45, 7) is 9.26. The van der Waals surface area contributed by atoms with E-state index in [0.29, 0.717) is 23.1 Å². The van der Waals surface area contributed by atoms with Crippen LogP contribution in [0.5, 0.6) is 0 Å². The first-order chi connectivity index (χ1) is 13.8. The number of benzene rings is 1. The Kier molecular flexibility index (Phi) is 5.21. The van der Waals surface area contributed by atoms with Gasteiger partial charge in [-0.1, -0.05) is 11.6 Å². The molecule has 2 aromatic heterocycles. The molecule has 0 bridgehead atoms. The molecule has 0 spiro atoms. The molecule has 6 nitrogen and oxygen atoms in total. The molecule has 7 heteroatoms. The molecule has 0 unspecified atom stereocenters. The average Bonchev–Trinajstić information content (AvgIpc) is 2.97. The average molecular weight is 413 g/mol. The van der Waals surface area contributed by atoms with Crippen LogP contribution in [0.3, 0.4) is 0 Å². The van der Waals surface area contributed by atoms with Crippen LogP contribution in [0.4, 0.5) is 11.5 Å². The summed E-state index contributed by atoms with van der Waals surface area (Å²) in [5.41, 5.74) is 3.43. The zero-order chi connectivity index (χ0) is 20.7. The van der Waals surface area contributed by atoms with Crippen molar-refractivity contribution in [2.24, 2.45) is 5.92 Å². The van der Waals surface area contributed by atoms with Crippen LogP contribution >= 0.6 is 11.6 Å². The van der Waals surface area contributed by atoms with Crippen LogP contribution in [0, 0.1) is 33.6 Å². The van der Waals surface area contributed by atoms with E-state index in [4.69, 9.17) is 21.0 Å². The highest BCUT2D eigenvalue weighted by Crippen LogP contribution is 2.33. The minimum Gasteiger partial charge on any atom is -0.443 e. The first-order valence-corrected chi connectivity index (χ1v) is 10.3. The molecule has 4 rings (SSSR count). The number of carbonyl (C=O) groups is 1. The Bertz CT molecular complexity index is 1090. The summed E-state index contributed by atoms with van der Waals surface area (Å²) in [6.07, 6.45) is 1.78. The van der Waals surface area contributed by atoms with Crippen LogP contribution in [0.1, 0.15) is 35.6 Å². The third kappa shape index (κ3) is 3.81. The van der Waals surface area contributed by atoms with Gasteiger partial charge in [0.1, 0.15) is 17.4 Å². The van der Waals surface area contributed by atoms with Crippen LogP contribution < -0.4 is 10.2 Å². The Morgan fingerprint density at radius 1 is 1.24 bits per heavy atom. The van der Waals surface area contributed by atoms with Gasteiger partial charge in [0.05, 0.1) is 11.3 Å². The number of fused-ring (bicyclic) bond motifs is 1. The number of nitrogens with one attached hydrogen (secondary N) is 1. The standard InChI is InChI=1S/C22H25ClN4O2/c1-12-10-17(23)7-8-18(12)26-21(28)16-6-5-9-27(11-16)20-19-13(2)14(3)29-22(19)25-15(4)24-20/h7-8,10,16H,5-6,9,11H2,1-4H3,(H,26,28)/t16-/m0/s1. The molecule has 1 aliphatic heterocycles. The van der Waals surface area contributed by atoms with Crippen LogP contribution in [-0.2, 0) is 4.79 Å². The van der Waals surface area contributed by atoms with E-state index in [1.807, 2.05) is 39.8 Å². The number of halogens is 1. The summed E-state index contributed by atoms with van der Waals surface area (Å²) in [6, 6.07) is 5.50. The van der Waals surface area contributed by atoms with Crippen LogP contribution in [-0.4, -0.2) is 29.0 Å². The van der Waals surface area contributed by atoms with E-state index < -0.39 is 0 Å². The fourth-order valence-electron chi connectivity index (χ4n) is 3.95. The number of hydrogen-bond acceptors (Lipinski definition) is 5. The first kappa shape index (κ1) is 19.7. The fraction of sp³-hybridized carbons (Fsp3) is 0.409. The summed E-state index contributed by atoms with van der Waals surface area (Å²) in [7, 11) is 0. The number of rotatable bonds is 3. The molecule has 1 atom stereocenters. The highest BCUT2D eigenvalue weighted by Gasteiger charge is 2.29. The van der Waals surface area contributed by atoms with Gasteiger partial charge in [-0.05, 0) is 64.3 Å². The lowest BCUT2D eigenvalue weighted by molar-refractivity contribution is -0.120. The number of carbonyl (C=O) groups excluding carboxylic acids is 1. The second-order valence-electron chi connectivity index (χ2n) is 7.79. The molecule has 3 aromatic rings. The molecule has 1 aliphatic rings. The van der Waals surface area contributed by atoms with Crippen molar-refractivity contribution in [2.75, 3.05) is 23.3 Å². The third-order valence-corrected chi connectivity index (χ3v) is 5.89. The maximum absolute atomic E-state index is 13.0. The lowest BCUT2D eigenvalue weighted by Crippen LogP contribution is -2.41. The van der Waals surface area contributed by atoms with E-state index in [-0.39, 0.29) is 11.8 Å². The normalized spacial score (nSPS) is 17.0. The van der Waals surface area contributed by atoms with Gasteiger partial charge in [-0.3, -0.25) is 4.79 Å². The summed E-state index contributed by atoms with van der Waals surface area (Å²) in [5.74, 6) is 2.30. The Hall–Kier alpha value is -2.60. The predicted octanol–water partition coefficient (Wildman–Crippen LogP) is 4.96. The topological polar surface area (TPSA) is 71.3 Å². The summed E-state index contributed by atoms with van der Waals surface area (Å²) >= 11 is 6.02. The number of hydrogen-bond donors (Lipinski definition) is 1. The Labute approximate surface area is 175 Å². The van der Waals surface area contributed by atoms with Gasteiger partial charge in [0.15, 0.2) is 0 Å². The van der Waals surface area contributed by atoms with Crippen LogP contribution in [0.15, 0.2) is 22.6 Å². The van der Waals surface area contributed by atoms with E-state index in [0.717, 1.165) is 53.2 Å². The SMILES string of the molecule is Cc1nc(N2CCC[C@H](C(=O)Nc3ccc(Cl)cc3C)C2)c2c(C)c(C)oc2n1. The maximum Gasteiger partial charge on any atom is 0.231 e. The number of aryl methyl sites for hydroxylation is 4. The van der Waals surface area contributed by atoms with Crippen molar-refractivity contribution < 1.29 is 9.21 Å². The van der Waals surface area contributed by atoms with Crippen LogP contribution in [0.25, 0.3) is 11.1 Å². The molecule has 0 aliphatic carbocycles. The minimum absolute atomic E-state index is 0.0299. The van der Waals surface area contributed by atoms with Gasteiger partial charge >= 0.3 is 0 Å². The van der Waals surface area contributed by atoms with Crippen LogP contribution in [0.2, 0.25) is 5.02 Å². The minimum atomic E-state index is -0.113. The molecule has 1 aromatic carbocycles. The molecular weight excluding hydrogens is 388 g/mol. The van der Waals surface area contributed by atoms with Crippen molar-refractivity contribution >= 4 is 40.1 Å². The molecule has 29 heavy (non-hydrogen) atoms. The lowest BCUT2D eigenvalue weighted by Gasteiger charge is -2.33. The van der Waals surface area contributed by atoms with Gasteiger partial charge < -0.3 is 14.6 Å². The van der Waals surface area contributed by atoms with E-state index in [2.05, 4.69) is 15.2 Å². The van der Waals surface area contributed by atoms with Crippen molar-refractivity contribution in [1.29, 1.82) is 0 Å². The molecule has 1 amide bonds. The van der Waals surface area contributed by atoms with E-state index in [1.165, 1.54) is 0 Å². The zero-order valence-electron chi connectivity index (χ0n) is 17.2. The van der Waals surface area contributed by atoms with Gasteiger partial charge in [0.25, 0.3) is 0 Å². The maximum atomic E-state index is 13.0. The number of aromatic nitrogens is 2. The van der Waals surface area contributed by atoms with Gasteiger partial charge in [-0.2, -0.15) is 4.98 Å². The highest BCUT2D eigenvalue weighted by atomic mass is 35.5.